The third-order valence-corrected chi connectivity index (χ3v) is 3.28. The van der Waals surface area contributed by atoms with Gasteiger partial charge >= 0.3 is 0 Å². The van der Waals surface area contributed by atoms with Crippen molar-refractivity contribution in [2.45, 2.75) is 54.1 Å². The van der Waals surface area contributed by atoms with Crippen LogP contribution >= 0.6 is 0 Å². The zero-order valence-electron chi connectivity index (χ0n) is 11.1. The molecule has 1 amide bonds. The highest BCUT2D eigenvalue weighted by atomic mass is 16.3. The van der Waals surface area contributed by atoms with Crippen LogP contribution in [-0.2, 0) is 4.79 Å². The summed E-state index contributed by atoms with van der Waals surface area (Å²) in [4.78, 5) is 11.5. The molecular formula is C12H25NO2. The molecule has 0 saturated carbocycles. The lowest BCUT2D eigenvalue weighted by molar-refractivity contribution is -0.137. The third-order valence-electron chi connectivity index (χ3n) is 3.28. The summed E-state index contributed by atoms with van der Waals surface area (Å²) in [5.74, 6) is -0.320. The molecular weight excluding hydrogens is 190 g/mol. The van der Waals surface area contributed by atoms with E-state index in [1.165, 1.54) is 13.8 Å². The second kappa shape index (κ2) is 4.12. The lowest BCUT2D eigenvalue weighted by atomic mass is 9.69. The average molecular weight is 215 g/mol. The summed E-state index contributed by atoms with van der Waals surface area (Å²) in [6.07, 6.45) is 0. The molecule has 90 valence electrons. The Bertz CT molecular complexity index is 231. The summed E-state index contributed by atoms with van der Waals surface area (Å²) in [5, 5.41) is 12.3. The third kappa shape index (κ3) is 4.20. The fraction of sp³-hybridized carbons (Fsp3) is 0.917. The molecule has 0 aromatic heterocycles. The molecule has 0 heterocycles. The summed E-state index contributed by atoms with van der Waals surface area (Å²) in [6, 6.07) is 0. The first-order valence-corrected chi connectivity index (χ1v) is 5.38. The van der Waals surface area contributed by atoms with E-state index < -0.39 is 5.60 Å². The first kappa shape index (κ1) is 14.4. The first-order valence-electron chi connectivity index (χ1n) is 5.38. The van der Waals surface area contributed by atoms with Crippen LogP contribution in [0.3, 0.4) is 0 Å². The molecule has 0 saturated heterocycles. The van der Waals surface area contributed by atoms with E-state index in [2.05, 4.69) is 39.9 Å². The fourth-order valence-corrected chi connectivity index (χ4v) is 0.783. The Labute approximate surface area is 93.3 Å². The minimum atomic E-state index is -1.30. The Morgan fingerprint density at radius 3 is 1.73 bits per heavy atom. The molecule has 0 spiro atoms. The summed E-state index contributed by atoms with van der Waals surface area (Å²) in [7, 11) is 0. The van der Waals surface area contributed by atoms with Crippen molar-refractivity contribution >= 4 is 5.91 Å². The molecule has 0 bridgehead atoms. The van der Waals surface area contributed by atoms with Gasteiger partial charge in [0.2, 0.25) is 0 Å². The smallest absolute Gasteiger partial charge is 0.251 e. The molecule has 0 unspecified atom stereocenters. The zero-order valence-corrected chi connectivity index (χ0v) is 11.1. The Morgan fingerprint density at radius 2 is 1.47 bits per heavy atom. The molecule has 0 aliphatic carbocycles. The topological polar surface area (TPSA) is 49.3 Å². The van der Waals surface area contributed by atoms with E-state index in [1.807, 2.05) is 0 Å². The number of amides is 1. The second-order valence-electron chi connectivity index (χ2n) is 6.38. The minimum Gasteiger partial charge on any atom is -0.381 e. The van der Waals surface area contributed by atoms with Gasteiger partial charge in [-0.05, 0) is 24.7 Å². The molecule has 0 aliphatic heterocycles. The van der Waals surface area contributed by atoms with Crippen molar-refractivity contribution in [2.75, 3.05) is 6.54 Å². The van der Waals surface area contributed by atoms with Gasteiger partial charge in [-0.15, -0.1) is 0 Å². The van der Waals surface area contributed by atoms with Gasteiger partial charge in [-0.2, -0.15) is 0 Å². The quantitative estimate of drug-likeness (QED) is 0.756. The molecule has 0 fully saturated rings. The molecule has 3 nitrogen and oxygen atoms in total. The molecule has 2 N–H and O–H groups in total. The highest BCUT2D eigenvalue weighted by molar-refractivity contribution is 5.83. The molecule has 0 atom stereocenters. The number of nitrogens with one attached hydrogen (secondary N) is 1. The Morgan fingerprint density at radius 1 is 1.07 bits per heavy atom. The number of aliphatic hydroxyl groups is 1. The van der Waals surface area contributed by atoms with Crippen molar-refractivity contribution in [2.24, 2.45) is 10.8 Å². The van der Waals surface area contributed by atoms with Crippen LogP contribution in [0.5, 0.6) is 0 Å². The number of hydrogen-bond donors (Lipinski definition) is 2. The fourth-order valence-electron chi connectivity index (χ4n) is 0.783. The van der Waals surface area contributed by atoms with Crippen molar-refractivity contribution < 1.29 is 9.90 Å². The number of carbonyl (C=O) groups excluding carboxylic acids is 1. The van der Waals surface area contributed by atoms with E-state index in [9.17, 15) is 9.90 Å². The Kier molecular flexibility index (Phi) is 3.97. The van der Waals surface area contributed by atoms with Crippen LogP contribution in [0.1, 0.15) is 48.5 Å². The lowest BCUT2D eigenvalue weighted by Crippen LogP contribution is -2.48. The van der Waals surface area contributed by atoms with Crippen molar-refractivity contribution in [1.82, 2.24) is 5.32 Å². The molecule has 0 radical (unpaired) electrons. The van der Waals surface area contributed by atoms with Crippen LogP contribution in [0.4, 0.5) is 0 Å². The van der Waals surface area contributed by atoms with Gasteiger partial charge < -0.3 is 10.4 Å². The van der Waals surface area contributed by atoms with E-state index in [0.717, 1.165) is 0 Å². The second-order valence-corrected chi connectivity index (χ2v) is 6.38. The van der Waals surface area contributed by atoms with Crippen LogP contribution < -0.4 is 5.32 Å². The maximum absolute atomic E-state index is 11.5. The predicted molar refractivity (Wildman–Crippen MR) is 62.5 cm³/mol. The summed E-state index contributed by atoms with van der Waals surface area (Å²) in [5.41, 5.74) is -1.19. The number of hydrogen-bond acceptors (Lipinski definition) is 2. The van der Waals surface area contributed by atoms with E-state index >= 15 is 0 Å². The Balaban J connectivity index is 4.36. The number of rotatable bonds is 3. The van der Waals surface area contributed by atoms with Crippen molar-refractivity contribution in [1.29, 1.82) is 0 Å². The van der Waals surface area contributed by atoms with E-state index in [-0.39, 0.29) is 16.7 Å². The molecule has 0 aliphatic rings. The monoisotopic (exact) mass is 215 g/mol. The van der Waals surface area contributed by atoms with Crippen molar-refractivity contribution in [3.8, 4) is 0 Å². The van der Waals surface area contributed by atoms with Gasteiger partial charge in [0, 0.05) is 6.54 Å². The predicted octanol–water partition coefficient (Wildman–Crippen LogP) is 1.95. The van der Waals surface area contributed by atoms with Crippen molar-refractivity contribution in [3.05, 3.63) is 0 Å². The van der Waals surface area contributed by atoms with E-state index in [0.29, 0.717) is 6.54 Å². The molecule has 0 aromatic carbocycles. The van der Waals surface area contributed by atoms with Crippen LogP contribution in [0, 0.1) is 10.8 Å². The molecule has 3 heteroatoms. The van der Waals surface area contributed by atoms with Gasteiger partial charge in [0.1, 0.15) is 5.60 Å². The molecule has 0 aromatic rings. The zero-order chi connectivity index (χ0) is 12.5. The average Bonchev–Trinajstić information content (AvgIpc) is 1.96. The van der Waals surface area contributed by atoms with E-state index in [1.54, 1.807) is 0 Å². The molecule has 15 heavy (non-hydrogen) atoms. The van der Waals surface area contributed by atoms with Crippen LogP contribution in [0.2, 0.25) is 0 Å². The minimum absolute atomic E-state index is 0.00604. The number of carbonyl (C=O) groups is 1. The first-order chi connectivity index (χ1) is 6.38. The van der Waals surface area contributed by atoms with Gasteiger partial charge in [-0.1, -0.05) is 34.6 Å². The van der Waals surface area contributed by atoms with Gasteiger partial charge in [-0.3, -0.25) is 4.79 Å². The standard InChI is InChI=1S/C12H25NO2/c1-10(2,3)11(4,5)8-13-9(14)12(6,7)15/h15H,8H2,1-7H3,(H,13,14). The SMILES string of the molecule is CC(C)(O)C(=O)NCC(C)(C)C(C)(C)C. The van der Waals surface area contributed by atoms with Crippen LogP contribution in [0.15, 0.2) is 0 Å². The maximum Gasteiger partial charge on any atom is 0.251 e. The van der Waals surface area contributed by atoms with Crippen LogP contribution in [0.25, 0.3) is 0 Å². The van der Waals surface area contributed by atoms with E-state index in [4.69, 9.17) is 0 Å². The summed E-state index contributed by atoms with van der Waals surface area (Å²) in [6.45, 7) is 14.2. The van der Waals surface area contributed by atoms with Crippen LogP contribution in [-0.4, -0.2) is 23.2 Å². The normalized spacial score (nSPS) is 13.9. The van der Waals surface area contributed by atoms with Crippen molar-refractivity contribution in [3.63, 3.8) is 0 Å². The maximum atomic E-state index is 11.5. The highest BCUT2D eigenvalue weighted by Gasteiger charge is 2.34. The summed E-state index contributed by atoms with van der Waals surface area (Å²) >= 11 is 0. The van der Waals surface area contributed by atoms with Gasteiger partial charge in [-0.25, -0.2) is 0 Å². The van der Waals surface area contributed by atoms with Gasteiger partial charge in [0.25, 0.3) is 5.91 Å². The summed E-state index contributed by atoms with van der Waals surface area (Å²) < 4.78 is 0. The Hall–Kier alpha value is -0.570. The molecule has 0 rings (SSSR count). The van der Waals surface area contributed by atoms with Gasteiger partial charge in [0.15, 0.2) is 0 Å². The largest absolute Gasteiger partial charge is 0.381 e. The highest BCUT2D eigenvalue weighted by Crippen LogP contribution is 2.37. The lowest BCUT2D eigenvalue weighted by Gasteiger charge is -2.39. The van der Waals surface area contributed by atoms with Gasteiger partial charge in [0.05, 0.1) is 0 Å².